The number of nitrogens with two attached hydrogens (primary N) is 1. The summed E-state index contributed by atoms with van der Waals surface area (Å²) < 4.78 is 0. The van der Waals surface area contributed by atoms with Gasteiger partial charge in [0.15, 0.2) is 0 Å². The van der Waals surface area contributed by atoms with Crippen molar-refractivity contribution in [3.8, 4) is 0 Å². The molecule has 0 aromatic rings. The average molecular weight is 252 g/mol. The molecule has 1 heterocycles. The van der Waals surface area contributed by atoms with Crippen molar-refractivity contribution in [3.63, 3.8) is 0 Å². The van der Waals surface area contributed by atoms with E-state index in [0.29, 0.717) is 29.7 Å². The molecule has 3 heteroatoms. The molecule has 0 aromatic carbocycles. The lowest BCUT2D eigenvalue weighted by Gasteiger charge is -2.28. The van der Waals surface area contributed by atoms with E-state index in [1.807, 2.05) is 0 Å². The number of carbonyl (C=O) groups excluding carboxylic acids is 1. The maximum Gasteiger partial charge on any atom is 0.226 e. The number of hydrogen-bond acceptors (Lipinski definition) is 2. The molecular weight excluding hydrogens is 224 g/mol. The number of rotatable bonds is 2. The van der Waals surface area contributed by atoms with Gasteiger partial charge in [-0.25, -0.2) is 0 Å². The third-order valence-corrected chi connectivity index (χ3v) is 5.00. The van der Waals surface area contributed by atoms with E-state index in [2.05, 4.69) is 25.7 Å². The Labute approximate surface area is 111 Å². The first-order chi connectivity index (χ1) is 8.43. The molecule has 1 saturated carbocycles. The SMILES string of the molecule is CC(C)(C)C1CCN(C(=O)C2CCCC2CN)C1. The van der Waals surface area contributed by atoms with Crippen molar-refractivity contribution in [2.75, 3.05) is 19.6 Å². The molecule has 3 atom stereocenters. The van der Waals surface area contributed by atoms with Gasteiger partial charge in [-0.05, 0) is 43.1 Å². The Morgan fingerprint density at radius 1 is 1.28 bits per heavy atom. The summed E-state index contributed by atoms with van der Waals surface area (Å²) >= 11 is 0. The predicted octanol–water partition coefficient (Wildman–Crippen LogP) is 2.26. The maximum absolute atomic E-state index is 12.6. The summed E-state index contributed by atoms with van der Waals surface area (Å²) in [5.41, 5.74) is 6.10. The molecule has 2 aliphatic rings. The van der Waals surface area contributed by atoms with Crippen LogP contribution in [0.2, 0.25) is 0 Å². The smallest absolute Gasteiger partial charge is 0.226 e. The molecule has 0 bridgehead atoms. The van der Waals surface area contributed by atoms with E-state index in [0.717, 1.165) is 32.4 Å². The minimum Gasteiger partial charge on any atom is -0.342 e. The number of nitrogens with zero attached hydrogens (tertiary/aromatic N) is 1. The first-order valence-corrected chi connectivity index (χ1v) is 7.42. The van der Waals surface area contributed by atoms with Crippen LogP contribution in [-0.2, 0) is 4.79 Å². The fourth-order valence-electron chi connectivity index (χ4n) is 3.55. The van der Waals surface area contributed by atoms with Gasteiger partial charge in [0.1, 0.15) is 0 Å². The molecule has 18 heavy (non-hydrogen) atoms. The Morgan fingerprint density at radius 3 is 2.56 bits per heavy atom. The van der Waals surface area contributed by atoms with Gasteiger partial charge in [-0.15, -0.1) is 0 Å². The second kappa shape index (κ2) is 5.20. The van der Waals surface area contributed by atoms with E-state index in [-0.39, 0.29) is 5.92 Å². The molecule has 1 aliphatic carbocycles. The lowest BCUT2D eigenvalue weighted by Crippen LogP contribution is -2.38. The second-order valence-electron chi connectivity index (χ2n) is 7.17. The summed E-state index contributed by atoms with van der Waals surface area (Å²) in [4.78, 5) is 14.7. The summed E-state index contributed by atoms with van der Waals surface area (Å²) in [5.74, 6) is 1.69. The summed E-state index contributed by atoms with van der Waals surface area (Å²) in [7, 11) is 0. The minimum absolute atomic E-state index is 0.216. The first kappa shape index (κ1) is 13.9. The van der Waals surface area contributed by atoms with E-state index in [1.165, 1.54) is 6.42 Å². The number of hydrogen-bond donors (Lipinski definition) is 1. The van der Waals surface area contributed by atoms with Gasteiger partial charge in [0, 0.05) is 19.0 Å². The van der Waals surface area contributed by atoms with Gasteiger partial charge < -0.3 is 10.6 Å². The Balaban J connectivity index is 1.95. The highest BCUT2D eigenvalue weighted by molar-refractivity contribution is 5.79. The molecule has 0 spiro atoms. The standard InChI is InChI=1S/C15H28N2O/c1-15(2,3)12-7-8-17(10-12)14(18)13-6-4-5-11(13)9-16/h11-13H,4-10,16H2,1-3H3. The van der Waals surface area contributed by atoms with Crippen LogP contribution >= 0.6 is 0 Å². The Morgan fingerprint density at radius 2 is 2.00 bits per heavy atom. The fraction of sp³-hybridized carbons (Fsp3) is 0.933. The van der Waals surface area contributed by atoms with Crippen molar-refractivity contribution >= 4 is 5.91 Å². The largest absolute Gasteiger partial charge is 0.342 e. The molecule has 3 unspecified atom stereocenters. The van der Waals surface area contributed by atoms with Gasteiger partial charge in [0.2, 0.25) is 5.91 Å². The van der Waals surface area contributed by atoms with E-state index >= 15 is 0 Å². The lowest BCUT2D eigenvalue weighted by atomic mass is 9.80. The van der Waals surface area contributed by atoms with Crippen LogP contribution in [0.15, 0.2) is 0 Å². The third kappa shape index (κ3) is 2.71. The minimum atomic E-state index is 0.216. The topological polar surface area (TPSA) is 46.3 Å². The second-order valence-corrected chi connectivity index (χ2v) is 7.17. The van der Waals surface area contributed by atoms with E-state index < -0.39 is 0 Å². The van der Waals surface area contributed by atoms with Crippen LogP contribution in [0, 0.1) is 23.2 Å². The van der Waals surface area contributed by atoms with Crippen LogP contribution < -0.4 is 5.73 Å². The van der Waals surface area contributed by atoms with Crippen molar-refractivity contribution in [2.24, 2.45) is 28.9 Å². The summed E-state index contributed by atoms with van der Waals surface area (Å²) in [6.45, 7) is 9.43. The summed E-state index contributed by atoms with van der Waals surface area (Å²) in [5, 5.41) is 0. The third-order valence-electron chi connectivity index (χ3n) is 5.00. The molecule has 0 radical (unpaired) electrons. The zero-order valence-electron chi connectivity index (χ0n) is 12.1. The molecule has 0 aromatic heterocycles. The van der Waals surface area contributed by atoms with Crippen LogP contribution in [-0.4, -0.2) is 30.4 Å². The van der Waals surface area contributed by atoms with Crippen molar-refractivity contribution in [1.29, 1.82) is 0 Å². The fourth-order valence-corrected chi connectivity index (χ4v) is 3.55. The summed E-state index contributed by atoms with van der Waals surface area (Å²) in [6.07, 6.45) is 4.53. The highest BCUT2D eigenvalue weighted by Gasteiger charge is 2.39. The molecule has 1 saturated heterocycles. The van der Waals surface area contributed by atoms with Crippen LogP contribution in [0.5, 0.6) is 0 Å². The zero-order valence-corrected chi connectivity index (χ0v) is 12.1. The van der Waals surface area contributed by atoms with Crippen molar-refractivity contribution in [2.45, 2.75) is 46.5 Å². The molecule has 3 nitrogen and oxygen atoms in total. The lowest BCUT2D eigenvalue weighted by molar-refractivity contribution is -0.135. The Kier molecular flexibility index (Phi) is 4.00. The Hall–Kier alpha value is -0.570. The van der Waals surface area contributed by atoms with Crippen molar-refractivity contribution in [3.05, 3.63) is 0 Å². The van der Waals surface area contributed by atoms with Crippen molar-refractivity contribution in [1.82, 2.24) is 4.90 Å². The zero-order chi connectivity index (χ0) is 13.3. The average Bonchev–Trinajstić information content (AvgIpc) is 2.96. The number of likely N-dealkylation sites (tertiary alicyclic amines) is 1. The molecular formula is C15H28N2O. The van der Waals surface area contributed by atoms with E-state index in [9.17, 15) is 4.79 Å². The van der Waals surface area contributed by atoms with Crippen LogP contribution in [0.3, 0.4) is 0 Å². The van der Waals surface area contributed by atoms with E-state index in [4.69, 9.17) is 5.73 Å². The van der Waals surface area contributed by atoms with Gasteiger partial charge in [0.25, 0.3) is 0 Å². The normalized spacial score (nSPS) is 33.1. The van der Waals surface area contributed by atoms with Crippen LogP contribution in [0.1, 0.15) is 46.5 Å². The molecule has 2 fully saturated rings. The van der Waals surface area contributed by atoms with Gasteiger partial charge in [0.05, 0.1) is 0 Å². The number of carbonyl (C=O) groups is 1. The first-order valence-electron chi connectivity index (χ1n) is 7.42. The quantitative estimate of drug-likeness (QED) is 0.819. The molecule has 2 N–H and O–H groups in total. The van der Waals surface area contributed by atoms with Crippen LogP contribution in [0.4, 0.5) is 0 Å². The summed E-state index contributed by atoms with van der Waals surface area (Å²) in [6, 6.07) is 0. The molecule has 2 rings (SSSR count). The van der Waals surface area contributed by atoms with Crippen molar-refractivity contribution < 1.29 is 4.79 Å². The highest BCUT2D eigenvalue weighted by Crippen LogP contribution is 2.37. The van der Waals surface area contributed by atoms with Gasteiger partial charge in [-0.2, -0.15) is 0 Å². The van der Waals surface area contributed by atoms with Gasteiger partial charge >= 0.3 is 0 Å². The van der Waals surface area contributed by atoms with Gasteiger partial charge in [-0.3, -0.25) is 4.79 Å². The monoisotopic (exact) mass is 252 g/mol. The predicted molar refractivity (Wildman–Crippen MR) is 74.0 cm³/mol. The van der Waals surface area contributed by atoms with Gasteiger partial charge in [-0.1, -0.05) is 27.2 Å². The maximum atomic E-state index is 12.6. The highest BCUT2D eigenvalue weighted by atomic mass is 16.2. The molecule has 1 amide bonds. The Bertz CT molecular complexity index is 308. The molecule has 1 aliphatic heterocycles. The number of amides is 1. The van der Waals surface area contributed by atoms with Crippen LogP contribution in [0.25, 0.3) is 0 Å². The molecule has 104 valence electrons. The van der Waals surface area contributed by atoms with E-state index in [1.54, 1.807) is 0 Å².